The highest BCUT2D eigenvalue weighted by molar-refractivity contribution is 7.92. The third-order valence-corrected chi connectivity index (χ3v) is 4.59. The van der Waals surface area contributed by atoms with E-state index in [-0.39, 0.29) is 11.9 Å². The quantitative estimate of drug-likeness (QED) is 0.797. The van der Waals surface area contributed by atoms with Crippen LogP contribution in [0.25, 0.3) is 0 Å². The van der Waals surface area contributed by atoms with E-state index in [0.29, 0.717) is 22.7 Å². The van der Waals surface area contributed by atoms with Crippen molar-refractivity contribution in [2.75, 3.05) is 11.0 Å². The van der Waals surface area contributed by atoms with Gasteiger partial charge < -0.3 is 5.32 Å². The van der Waals surface area contributed by atoms with E-state index >= 15 is 0 Å². The SMILES string of the molecule is CCC(NC(=O)c1ccc(C)c(NS(C)(=O)=O)c1)c1cccc(Cl)c1. The fourth-order valence-electron chi connectivity index (χ4n) is 2.46. The van der Waals surface area contributed by atoms with Gasteiger partial charge in [-0.15, -0.1) is 0 Å². The van der Waals surface area contributed by atoms with Gasteiger partial charge in [0.15, 0.2) is 0 Å². The van der Waals surface area contributed by atoms with Gasteiger partial charge in [-0.3, -0.25) is 9.52 Å². The zero-order chi connectivity index (χ0) is 18.6. The number of anilines is 1. The predicted molar refractivity (Wildman–Crippen MR) is 102 cm³/mol. The fourth-order valence-corrected chi connectivity index (χ4v) is 3.28. The first-order chi connectivity index (χ1) is 11.7. The number of benzene rings is 2. The maximum atomic E-state index is 12.6. The summed E-state index contributed by atoms with van der Waals surface area (Å²) in [5, 5.41) is 3.57. The second kappa shape index (κ2) is 7.89. The Bertz CT molecular complexity index is 882. The van der Waals surface area contributed by atoms with Crippen LogP contribution in [0, 0.1) is 6.92 Å². The summed E-state index contributed by atoms with van der Waals surface area (Å²) in [6, 6.07) is 12.1. The van der Waals surface area contributed by atoms with Crippen molar-refractivity contribution in [3.8, 4) is 0 Å². The van der Waals surface area contributed by atoms with Crippen molar-refractivity contribution in [2.45, 2.75) is 26.3 Å². The van der Waals surface area contributed by atoms with E-state index in [4.69, 9.17) is 11.6 Å². The molecule has 0 bridgehead atoms. The molecule has 0 aliphatic carbocycles. The molecule has 1 atom stereocenters. The highest BCUT2D eigenvalue weighted by Gasteiger charge is 2.16. The highest BCUT2D eigenvalue weighted by Crippen LogP contribution is 2.22. The normalized spacial score (nSPS) is 12.5. The minimum absolute atomic E-state index is 0.182. The number of carbonyl (C=O) groups is 1. The van der Waals surface area contributed by atoms with Crippen LogP contribution < -0.4 is 10.0 Å². The monoisotopic (exact) mass is 380 g/mol. The van der Waals surface area contributed by atoms with Crippen molar-refractivity contribution in [1.82, 2.24) is 5.32 Å². The average Bonchev–Trinajstić information content (AvgIpc) is 2.53. The van der Waals surface area contributed by atoms with Crippen LogP contribution in [-0.4, -0.2) is 20.6 Å². The lowest BCUT2D eigenvalue weighted by Crippen LogP contribution is -2.28. The molecule has 134 valence electrons. The molecule has 25 heavy (non-hydrogen) atoms. The predicted octanol–water partition coefficient (Wildman–Crippen LogP) is 3.90. The maximum Gasteiger partial charge on any atom is 0.251 e. The van der Waals surface area contributed by atoms with Gasteiger partial charge in [-0.25, -0.2) is 8.42 Å². The molecule has 0 aromatic heterocycles. The van der Waals surface area contributed by atoms with Gasteiger partial charge in [-0.1, -0.05) is 36.7 Å². The van der Waals surface area contributed by atoms with Crippen molar-refractivity contribution in [2.24, 2.45) is 0 Å². The number of sulfonamides is 1. The maximum absolute atomic E-state index is 12.6. The smallest absolute Gasteiger partial charge is 0.251 e. The summed E-state index contributed by atoms with van der Waals surface area (Å²) in [5.74, 6) is -0.275. The molecule has 0 heterocycles. The Morgan fingerprint density at radius 3 is 2.52 bits per heavy atom. The summed E-state index contributed by atoms with van der Waals surface area (Å²) in [4.78, 5) is 12.6. The first-order valence-electron chi connectivity index (χ1n) is 7.84. The number of nitrogens with one attached hydrogen (secondary N) is 2. The van der Waals surface area contributed by atoms with Crippen LogP contribution >= 0.6 is 11.6 Å². The Kier molecular flexibility index (Phi) is 6.08. The van der Waals surface area contributed by atoms with Crippen LogP contribution in [0.15, 0.2) is 42.5 Å². The molecule has 0 spiro atoms. The van der Waals surface area contributed by atoms with Crippen LogP contribution in [0.5, 0.6) is 0 Å². The molecule has 2 N–H and O–H groups in total. The highest BCUT2D eigenvalue weighted by atomic mass is 35.5. The minimum Gasteiger partial charge on any atom is -0.345 e. The van der Waals surface area contributed by atoms with Crippen LogP contribution in [0.3, 0.4) is 0 Å². The van der Waals surface area contributed by atoms with Crippen molar-refractivity contribution in [3.05, 3.63) is 64.2 Å². The number of amides is 1. The second-order valence-electron chi connectivity index (χ2n) is 5.89. The third-order valence-electron chi connectivity index (χ3n) is 3.76. The Morgan fingerprint density at radius 1 is 1.20 bits per heavy atom. The first kappa shape index (κ1) is 19.3. The summed E-state index contributed by atoms with van der Waals surface area (Å²) in [5.41, 5.74) is 2.44. The molecule has 1 amide bonds. The van der Waals surface area contributed by atoms with Crippen LogP contribution in [0.1, 0.15) is 40.9 Å². The van der Waals surface area contributed by atoms with E-state index in [1.165, 1.54) is 6.07 Å². The summed E-state index contributed by atoms with van der Waals surface area (Å²) >= 11 is 6.02. The van der Waals surface area contributed by atoms with Crippen molar-refractivity contribution >= 4 is 33.2 Å². The molecule has 0 saturated carbocycles. The largest absolute Gasteiger partial charge is 0.345 e. The summed E-state index contributed by atoms with van der Waals surface area (Å²) in [6.07, 6.45) is 1.78. The van der Waals surface area contributed by atoms with Gasteiger partial charge >= 0.3 is 0 Å². The molecule has 2 aromatic carbocycles. The van der Waals surface area contributed by atoms with Crippen LogP contribution in [-0.2, 0) is 10.0 Å². The lowest BCUT2D eigenvalue weighted by atomic mass is 10.0. The van der Waals surface area contributed by atoms with Gasteiger partial charge in [0.25, 0.3) is 5.91 Å². The molecular weight excluding hydrogens is 360 g/mol. The van der Waals surface area contributed by atoms with E-state index < -0.39 is 10.0 Å². The lowest BCUT2D eigenvalue weighted by molar-refractivity contribution is 0.0935. The Balaban J connectivity index is 2.23. The second-order valence-corrected chi connectivity index (χ2v) is 8.08. The number of hydrogen-bond donors (Lipinski definition) is 2. The molecule has 0 aliphatic heterocycles. The van der Waals surface area contributed by atoms with Gasteiger partial charge in [-0.2, -0.15) is 0 Å². The zero-order valence-electron chi connectivity index (χ0n) is 14.3. The standard InChI is InChI=1S/C18H21ClN2O3S/c1-4-16(13-6-5-7-15(19)10-13)20-18(22)14-9-8-12(2)17(11-14)21-25(3,23)24/h5-11,16,21H,4H2,1-3H3,(H,20,22). The first-order valence-corrected chi connectivity index (χ1v) is 10.1. The molecule has 0 fully saturated rings. The van der Waals surface area contributed by atoms with Crippen LogP contribution in [0.2, 0.25) is 5.02 Å². The van der Waals surface area contributed by atoms with Crippen molar-refractivity contribution < 1.29 is 13.2 Å². The lowest BCUT2D eigenvalue weighted by Gasteiger charge is -2.18. The summed E-state index contributed by atoms with van der Waals surface area (Å²) in [7, 11) is -3.41. The molecule has 0 radical (unpaired) electrons. The van der Waals surface area contributed by atoms with Crippen LogP contribution in [0.4, 0.5) is 5.69 Å². The van der Waals surface area contributed by atoms with Gasteiger partial charge in [-0.05, 0) is 48.7 Å². The fraction of sp³-hybridized carbons (Fsp3) is 0.278. The minimum atomic E-state index is -3.41. The van der Waals surface area contributed by atoms with Crippen molar-refractivity contribution in [1.29, 1.82) is 0 Å². The third kappa shape index (κ3) is 5.47. The Hall–Kier alpha value is -2.05. The summed E-state index contributed by atoms with van der Waals surface area (Å²) < 4.78 is 25.3. The number of hydrogen-bond acceptors (Lipinski definition) is 3. The Labute approximate surface area is 153 Å². The number of aryl methyl sites for hydroxylation is 1. The van der Waals surface area contributed by atoms with E-state index in [1.54, 1.807) is 25.1 Å². The Morgan fingerprint density at radius 2 is 1.92 bits per heavy atom. The number of carbonyl (C=O) groups excluding carboxylic acids is 1. The van der Waals surface area contributed by atoms with Gasteiger partial charge in [0, 0.05) is 10.6 Å². The van der Waals surface area contributed by atoms with Gasteiger partial charge in [0.05, 0.1) is 18.0 Å². The zero-order valence-corrected chi connectivity index (χ0v) is 15.9. The summed E-state index contributed by atoms with van der Waals surface area (Å²) in [6.45, 7) is 3.74. The molecule has 0 saturated heterocycles. The molecular formula is C18H21ClN2O3S. The van der Waals surface area contributed by atoms with Gasteiger partial charge in [0.2, 0.25) is 10.0 Å². The van der Waals surface area contributed by atoms with E-state index in [9.17, 15) is 13.2 Å². The number of rotatable bonds is 6. The number of halogens is 1. The molecule has 2 aromatic rings. The molecule has 5 nitrogen and oxygen atoms in total. The van der Waals surface area contributed by atoms with E-state index in [1.807, 2.05) is 25.1 Å². The molecule has 1 unspecified atom stereocenters. The van der Waals surface area contributed by atoms with E-state index in [0.717, 1.165) is 17.4 Å². The average molecular weight is 381 g/mol. The van der Waals surface area contributed by atoms with Crippen molar-refractivity contribution in [3.63, 3.8) is 0 Å². The topological polar surface area (TPSA) is 75.3 Å². The molecule has 0 aliphatic rings. The van der Waals surface area contributed by atoms with Gasteiger partial charge in [0.1, 0.15) is 0 Å². The van der Waals surface area contributed by atoms with E-state index in [2.05, 4.69) is 10.0 Å². The molecule has 2 rings (SSSR count). The molecule has 7 heteroatoms.